The lowest BCUT2D eigenvalue weighted by Crippen LogP contribution is -2.41. The van der Waals surface area contributed by atoms with Gasteiger partial charge in [0, 0.05) is 62.3 Å². The van der Waals surface area contributed by atoms with E-state index < -0.39 is 59.6 Å². The summed E-state index contributed by atoms with van der Waals surface area (Å²) in [7, 11) is -0.557. The summed E-state index contributed by atoms with van der Waals surface area (Å²) in [5.41, 5.74) is 5.63. The van der Waals surface area contributed by atoms with Crippen molar-refractivity contribution >= 4 is 69.8 Å². The summed E-state index contributed by atoms with van der Waals surface area (Å²) in [5, 5.41) is 14.2. The smallest absolute Gasteiger partial charge is 0.463 e. The summed E-state index contributed by atoms with van der Waals surface area (Å²) in [6.07, 6.45) is 6.75. The van der Waals surface area contributed by atoms with Crippen LogP contribution in [0.4, 0.5) is 28.9 Å². The molecule has 3 aliphatic heterocycles. The molecule has 3 aromatic heterocycles. The molecule has 83 heavy (non-hydrogen) atoms. The first-order valence-corrected chi connectivity index (χ1v) is 28.4. The third kappa shape index (κ3) is 11.2. The molecule has 12 rings (SSSR count). The van der Waals surface area contributed by atoms with Crippen molar-refractivity contribution in [3.05, 3.63) is 119 Å². The number of nitrogens with zero attached hydrogens (tertiary/aromatic N) is 7. The predicted molar refractivity (Wildman–Crippen MR) is 299 cm³/mol. The molecular weight excluding hydrogens is 1080 g/mol. The van der Waals surface area contributed by atoms with Crippen molar-refractivity contribution in [1.82, 2.24) is 24.3 Å². The number of aryl methyl sites for hydroxylation is 1. The van der Waals surface area contributed by atoms with Crippen LogP contribution in [0.2, 0.25) is 0 Å². The number of ether oxygens (including phenoxy) is 2. The van der Waals surface area contributed by atoms with Gasteiger partial charge >= 0.3 is 19.1 Å². The highest BCUT2D eigenvalue weighted by Gasteiger charge is 2.52. The third-order valence-corrected chi connectivity index (χ3v) is 17.4. The maximum Gasteiger partial charge on any atom is 0.494 e. The van der Waals surface area contributed by atoms with E-state index in [4.69, 9.17) is 33.3 Å². The predicted octanol–water partition coefficient (Wildman–Crippen LogP) is 11.2. The van der Waals surface area contributed by atoms with Gasteiger partial charge < -0.3 is 47.3 Å². The van der Waals surface area contributed by atoms with Crippen LogP contribution in [0.5, 0.6) is 0 Å². The van der Waals surface area contributed by atoms with Crippen molar-refractivity contribution in [2.45, 2.75) is 180 Å². The Bertz CT molecular complexity index is 3640. The molecule has 4 aromatic carbocycles. The molecule has 22 heteroatoms. The van der Waals surface area contributed by atoms with E-state index in [2.05, 4.69) is 14.3 Å². The maximum atomic E-state index is 14.3. The molecule has 7 aromatic rings. The number of hydrogen-bond acceptors (Lipinski definition) is 13. The number of aliphatic hydroxyl groups excluding tert-OH is 1. The minimum atomic E-state index is -1.02. The summed E-state index contributed by atoms with van der Waals surface area (Å²) < 4.78 is 89.0. The number of carbonyl (C=O) groups is 4. The van der Waals surface area contributed by atoms with Crippen molar-refractivity contribution in [3.63, 3.8) is 0 Å². The molecule has 5 aliphatic rings. The molecule has 436 valence electrons. The van der Waals surface area contributed by atoms with E-state index in [1.807, 2.05) is 64.1 Å². The monoisotopic (exact) mass is 1140 g/mol. The van der Waals surface area contributed by atoms with E-state index in [1.165, 1.54) is 30.9 Å². The van der Waals surface area contributed by atoms with Gasteiger partial charge in [-0.3, -0.25) is 19.2 Å². The topological polar surface area (TPSA) is 194 Å². The van der Waals surface area contributed by atoms with Gasteiger partial charge in [0.1, 0.15) is 35.8 Å². The molecule has 2 saturated carbocycles. The average molecular weight is 1140 g/mol. The quantitative estimate of drug-likeness (QED) is 0.0731. The lowest BCUT2D eigenvalue weighted by atomic mass is 9.79. The molecule has 0 spiro atoms. The van der Waals surface area contributed by atoms with Crippen LogP contribution in [-0.2, 0) is 44.6 Å². The second-order valence-electron chi connectivity index (χ2n) is 23.4. The number of fused-ring (bicyclic) bond motifs is 2. The lowest BCUT2D eigenvalue weighted by Gasteiger charge is -2.32. The molecule has 3 saturated heterocycles. The van der Waals surface area contributed by atoms with Gasteiger partial charge in [0.2, 0.25) is 11.8 Å². The number of aliphatic hydroxyl groups is 1. The largest absolute Gasteiger partial charge is 0.494 e. The minimum absolute atomic E-state index is 0.0302. The molecule has 2 amide bonds. The number of halogens is 4. The number of benzene rings is 4. The minimum Gasteiger partial charge on any atom is -0.463 e. The Balaban J connectivity index is 0.000000174. The molecule has 0 bridgehead atoms. The van der Waals surface area contributed by atoms with Crippen LogP contribution in [0.25, 0.3) is 33.2 Å². The van der Waals surface area contributed by atoms with Crippen molar-refractivity contribution in [3.8, 4) is 11.1 Å². The van der Waals surface area contributed by atoms with Gasteiger partial charge in [-0.05, 0) is 158 Å². The van der Waals surface area contributed by atoms with Gasteiger partial charge in [-0.1, -0.05) is 17.3 Å². The van der Waals surface area contributed by atoms with Gasteiger partial charge in [0.05, 0.1) is 57.0 Å². The van der Waals surface area contributed by atoms with Crippen LogP contribution in [0, 0.1) is 30.2 Å². The standard InChI is InChI=1S/C31H36BF2N3O5.C30H30F2N4O5/c1-18(38)40-22-10-7-20(8-11-22)37-26-13-6-19(32-41-30(2,3)31(4,5)42-32)16-25(26)35-29(37)27-14-15-28(39)36(27)21-9-12-23(33)24(34)17-21;1-16-29(25(34-41-16)15-40-17(2)37)18-3-10-26-24(13-18)33-30(36(26)19-4-7-21(38)8-5-19)27-11-12-28(39)35(27)20-6-9-22(31)23(32)14-20/h6,9,12-13,16-17,20,22,27H,7-8,10-11,14-15H2,1-5H3;3,6,9-10,13-14,19,21,27,38H,4-5,7-8,11-12,15H2,1-2H3/t20?,22?,27-;19?,21?,27-/m00/s1. The average Bonchev–Trinajstić information content (AvgIpc) is 2.76. The zero-order valence-electron chi connectivity index (χ0n) is 47.4. The number of esters is 2. The van der Waals surface area contributed by atoms with Crippen LogP contribution in [0.3, 0.4) is 0 Å². The van der Waals surface area contributed by atoms with Crippen LogP contribution < -0.4 is 15.3 Å². The van der Waals surface area contributed by atoms with E-state index in [0.717, 1.165) is 77.5 Å². The van der Waals surface area contributed by atoms with Gasteiger partial charge in [-0.25, -0.2) is 27.5 Å². The van der Waals surface area contributed by atoms with Crippen molar-refractivity contribution in [2.75, 3.05) is 9.80 Å². The Morgan fingerprint density at radius 2 is 1.16 bits per heavy atom. The zero-order valence-corrected chi connectivity index (χ0v) is 47.4. The number of rotatable bonds is 11. The Morgan fingerprint density at radius 3 is 1.66 bits per heavy atom. The molecule has 5 fully saturated rings. The van der Waals surface area contributed by atoms with E-state index in [0.29, 0.717) is 78.4 Å². The Labute approximate surface area is 477 Å². The highest BCUT2D eigenvalue weighted by molar-refractivity contribution is 6.62. The van der Waals surface area contributed by atoms with Gasteiger partial charge in [0.15, 0.2) is 23.3 Å². The van der Waals surface area contributed by atoms with Crippen LogP contribution in [-0.4, -0.2) is 83.6 Å². The van der Waals surface area contributed by atoms with Crippen LogP contribution >= 0.6 is 0 Å². The first-order chi connectivity index (χ1) is 39.5. The summed E-state index contributed by atoms with van der Waals surface area (Å²) in [4.78, 5) is 62.4. The fourth-order valence-corrected chi connectivity index (χ4v) is 12.6. The Morgan fingerprint density at radius 1 is 0.651 bits per heavy atom. The lowest BCUT2D eigenvalue weighted by molar-refractivity contribution is -0.148. The molecule has 2 aliphatic carbocycles. The number of carbonyl (C=O) groups excluding carboxylic acids is 4. The first-order valence-electron chi connectivity index (χ1n) is 28.4. The van der Waals surface area contributed by atoms with Gasteiger partial charge in [0.25, 0.3) is 0 Å². The van der Waals surface area contributed by atoms with Crippen molar-refractivity contribution in [2.24, 2.45) is 0 Å². The molecule has 0 unspecified atom stereocenters. The van der Waals surface area contributed by atoms with Gasteiger partial charge in [-0.15, -0.1) is 0 Å². The number of aromatic nitrogens is 5. The molecular formula is C61H66BF4N7O10. The number of imidazole rings is 2. The third-order valence-electron chi connectivity index (χ3n) is 17.4. The fraction of sp³-hybridized carbons (Fsp3) is 0.459. The summed E-state index contributed by atoms with van der Waals surface area (Å²) >= 11 is 0. The molecule has 1 N–H and O–H groups in total. The number of amides is 2. The Kier molecular flexibility index (Phi) is 15.6. The van der Waals surface area contributed by atoms with Crippen LogP contribution in [0.1, 0.15) is 166 Å². The van der Waals surface area contributed by atoms with Crippen molar-refractivity contribution in [1.29, 1.82) is 0 Å². The molecule has 0 radical (unpaired) electrons. The van der Waals surface area contributed by atoms with Gasteiger partial charge in [-0.2, -0.15) is 0 Å². The van der Waals surface area contributed by atoms with Crippen LogP contribution in [0.15, 0.2) is 77.3 Å². The highest BCUT2D eigenvalue weighted by Crippen LogP contribution is 2.45. The highest BCUT2D eigenvalue weighted by atomic mass is 19.2. The molecule has 17 nitrogen and oxygen atoms in total. The summed E-state index contributed by atoms with van der Waals surface area (Å²) in [5.74, 6) is -3.10. The summed E-state index contributed by atoms with van der Waals surface area (Å²) in [6.45, 7) is 12.5. The van der Waals surface area contributed by atoms with E-state index in [1.54, 1.807) is 11.8 Å². The first kappa shape index (κ1) is 57.4. The SMILES string of the molecule is CC(=O)OC1CCC(n2c([C@@H]3CCC(=O)N3c3ccc(F)c(F)c3)nc3cc(B4OC(C)(C)C(C)(C)O4)ccc32)CC1.CC(=O)OCc1noc(C)c1-c1ccc2c(c1)nc([C@@H]1CCC(=O)N1c1ccc(F)c(F)c1)n2C1CCC(O)CC1. The van der Waals surface area contributed by atoms with E-state index >= 15 is 0 Å². The normalized spacial score (nSPS) is 23.3. The maximum absolute atomic E-state index is 14.3. The fourth-order valence-electron chi connectivity index (χ4n) is 12.6. The number of hydrogen-bond donors (Lipinski definition) is 1. The molecule has 2 atom stereocenters. The molecule has 6 heterocycles. The van der Waals surface area contributed by atoms with E-state index in [-0.39, 0.29) is 67.2 Å². The number of anilines is 2. The second-order valence-corrected chi connectivity index (χ2v) is 23.4. The van der Waals surface area contributed by atoms with Crippen molar-refractivity contribution < 1.29 is 65.2 Å². The zero-order chi connectivity index (χ0) is 58.8. The summed E-state index contributed by atoms with van der Waals surface area (Å²) in [6, 6.07) is 18.0. The van der Waals surface area contributed by atoms with E-state index in [9.17, 15) is 41.8 Å². The second kappa shape index (κ2) is 22.6. The Hall–Kier alpha value is -7.43.